The van der Waals surface area contributed by atoms with Gasteiger partial charge in [-0.25, -0.2) is 0 Å². The summed E-state index contributed by atoms with van der Waals surface area (Å²) in [4.78, 5) is 0. The third kappa shape index (κ3) is 3.46. The van der Waals surface area contributed by atoms with Crippen molar-refractivity contribution in [1.82, 2.24) is 0 Å². The minimum absolute atomic E-state index is 0.203. The van der Waals surface area contributed by atoms with Gasteiger partial charge in [-0.15, -0.1) is 0 Å². The lowest BCUT2D eigenvalue weighted by atomic mass is 9.81. The van der Waals surface area contributed by atoms with E-state index in [2.05, 4.69) is 22.9 Å². The molecule has 2 aromatic rings. The molecule has 0 heterocycles. The highest BCUT2D eigenvalue weighted by Crippen LogP contribution is 2.38. The Morgan fingerprint density at radius 3 is 2.23 bits per heavy atom. The van der Waals surface area contributed by atoms with Crippen LogP contribution >= 0.6 is 0 Å². The Morgan fingerprint density at radius 2 is 1.55 bits per heavy atom. The fourth-order valence-electron chi connectivity index (χ4n) is 3.35. The van der Waals surface area contributed by atoms with Crippen molar-refractivity contribution in [1.29, 1.82) is 0 Å². The van der Waals surface area contributed by atoms with Gasteiger partial charge in [0.2, 0.25) is 0 Å². The summed E-state index contributed by atoms with van der Waals surface area (Å²) in [6.07, 6.45) is 6.39. The molecular formula is C19H20F2O. The maximum atomic E-state index is 12.2. The molecule has 1 aliphatic carbocycles. The van der Waals surface area contributed by atoms with Gasteiger partial charge in [-0.3, -0.25) is 0 Å². The van der Waals surface area contributed by atoms with Gasteiger partial charge in [0.1, 0.15) is 5.75 Å². The lowest BCUT2D eigenvalue weighted by Gasteiger charge is -2.24. The molecule has 0 aliphatic heterocycles. The third-order valence-corrected chi connectivity index (χ3v) is 4.40. The summed E-state index contributed by atoms with van der Waals surface area (Å²) in [5.74, 6) is 0.816. The predicted octanol–water partition coefficient (Wildman–Crippen LogP) is 6.00. The van der Waals surface area contributed by atoms with Gasteiger partial charge in [0.25, 0.3) is 0 Å². The molecule has 1 fully saturated rings. The number of hydrogen-bond donors (Lipinski definition) is 0. The van der Waals surface area contributed by atoms with Crippen LogP contribution in [0.2, 0.25) is 0 Å². The minimum Gasteiger partial charge on any atom is -0.435 e. The molecule has 0 saturated heterocycles. The lowest BCUT2D eigenvalue weighted by Crippen LogP contribution is -2.06. The average molecular weight is 302 g/mol. The molecule has 0 N–H and O–H groups in total. The molecule has 0 aromatic heterocycles. The van der Waals surface area contributed by atoms with Crippen LogP contribution in [-0.2, 0) is 0 Å². The highest BCUT2D eigenvalue weighted by Gasteiger charge is 2.18. The summed E-state index contributed by atoms with van der Waals surface area (Å²) in [6, 6.07) is 15.4. The molecule has 3 heteroatoms. The van der Waals surface area contributed by atoms with Crippen molar-refractivity contribution in [3.63, 3.8) is 0 Å². The summed E-state index contributed by atoms with van der Waals surface area (Å²) in [6.45, 7) is -2.78. The maximum absolute atomic E-state index is 12.2. The maximum Gasteiger partial charge on any atom is 0.387 e. The number of hydrogen-bond acceptors (Lipinski definition) is 1. The van der Waals surface area contributed by atoms with E-state index in [0.29, 0.717) is 5.92 Å². The first-order valence-corrected chi connectivity index (χ1v) is 7.88. The van der Waals surface area contributed by atoms with Crippen LogP contribution in [0.15, 0.2) is 48.5 Å². The van der Waals surface area contributed by atoms with Crippen molar-refractivity contribution in [2.75, 3.05) is 0 Å². The molecule has 116 valence electrons. The highest BCUT2D eigenvalue weighted by atomic mass is 19.3. The van der Waals surface area contributed by atoms with Gasteiger partial charge >= 0.3 is 6.61 Å². The molecule has 1 saturated carbocycles. The van der Waals surface area contributed by atoms with E-state index in [0.717, 1.165) is 5.56 Å². The first-order valence-electron chi connectivity index (χ1n) is 7.88. The van der Waals surface area contributed by atoms with E-state index in [9.17, 15) is 8.78 Å². The first kappa shape index (κ1) is 15.0. The van der Waals surface area contributed by atoms with Gasteiger partial charge in [-0.1, -0.05) is 55.7 Å². The van der Waals surface area contributed by atoms with Crippen LogP contribution in [-0.4, -0.2) is 6.61 Å². The normalized spacial score (nSPS) is 16.0. The standard InChI is InChI=1S/C19H20F2O/c20-19(21)22-16-12-10-15(11-13-16)18-9-5-4-8-17(18)14-6-2-1-3-7-14/h4-5,8-14,19H,1-3,6-7H2. The summed E-state index contributed by atoms with van der Waals surface area (Å²) in [5.41, 5.74) is 3.64. The van der Waals surface area contributed by atoms with E-state index in [1.165, 1.54) is 43.2 Å². The van der Waals surface area contributed by atoms with E-state index in [-0.39, 0.29) is 5.75 Å². The summed E-state index contributed by atoms with van der Waals surface area (Å²) < 4.78 is 28.9. The molecule has 0 unspecified atom stereocenters. The Labute approximate surface area is 129 Å². The van der Waals surface area contributed by atoms with Gasteiger partial charge < -0.3 is 4.74 Å². The van der Waals surface area contributed by atoms with Crippen molar-refractivity contribution in [2.45, 2.75) is 44.6 Å². The number of rotatable bonds is 4. The van der Waals surface area contributed by atoms with Crippen LogP contribution in [0, 0.1) is 0 Å². The molecule has 0 amide bonds. The molecule has 0 bridgehead atoms. The second kappa shape index (κ2) is 6.91. The number of benzene rings is 2. The molecule has 1 aliphatic rings. The first-order chi connectivity index (χ1) is 10.7. The highest BCUT2D eigenvalue weighted by molar-refractivity contribution is 5.68. The van der Waals surface area contributed by atoms with Gasteiger partial charge in [-0.05, 0) is 47.6 Å². The van der Waals surface area contributed by atoms with E-state index in [4.69, 9.17) is 0 Å². The van der Waals surface area contributed by atoms with Crippen molar-refractivity contribution in [3.8, 4) is 16.9 Å². The Kier molecular flexibility index (Phi) is 4.71. The van der Waals surface area contributed by atoms with Gasteiger partial charge in [0, 0.05) is 0 Å². The number of ether oxygens (including phenoxy) is 1. The van der Waals surface area contributed by atoms with Crippen LogP contribution in [0.1, 0.15) is 43.6 Å². The molecule has 0 spiro atoms. The molecule has 22 heavy (non-hydrogen) atoms. The average Bonchev–Trinajstić information content (AvgIpc) is 2.56. The fraction of sp³-hybridized carbons (Fsp3) is 0.368. The molecule has 0 radical (unpaired) electrons. The third-order valence-electron chi connectivity index (χ3n) is 4.40. The predicted molar refractivity (Wildman–Crippen MR) is 84.3 cm³/mol. The second-order valence-corrected chi connectivity index (χ2v) is 5.83. The van der Waals surface area contributed by atoms with Crippen LogP contribution in [0.4, 0.5) is 8.78 Å². The lowest BCUT2D eigenvalue weighted by molar-refractivity contribution is -0.0498. The van der Waals surface area contributed by atoms with E-state index >= 15 is 0 Å². The summed E-state index contributed by atoms with van der Waals surface area (Å²) in [7, 11) is 0. The molecule has 2 aromatic carbocycles. The van der Waals surface area contributed by atoms with Crippen LogP contribution in [0.25, 0.3) is 11.1 Å². The Morgan fingerprint density at radius 1 is 0.864 bits per heavy atom. The van der Waals surface area contributed by atoms with Crippen molar-refractivity contribution in [3.05, 3.63) is 54.1 Å². The van der Waals surface area contributed by atoms with E-state index in [1.807, 2.05) is 18.2 Å². The quantitative estimate of drug-likeness (QED) is 0.672. The second-order valence-electron chi connectivity index (χ2n) is 5.83. The molecule has 1 nitrogen and oxygen atoms in total. The van der Waals surface area contributed by atoms with E-state index < -0.39 is 6.61 Å². The number of halogens is 2. The SMILES string of the molecule is FC(F)Oc1ccc(-c2ccccc2C2CCCCC2)cc1. The van der Waals surface area contributed by atoms with Gasteiger partial charge in [0.15, 0.2) is 0 Å². The van der Waals surface area contributed by atoms with Gasteiger partial charge in [0.05, 0.1) is 0 Å². The van der Waals surface area contributed by atoms with Crippen LogP contribution in [0.5, 0.6) is 5.75 Å². The molecule has 3 rings (SSSR count). The van der Waals surface area contributed by atoms with Crippen molar-refractivity contribution in [2.24, 2.45) is 0 Å². The Hall–Kier alpha value is -1.90. The summed E-state index contributed by atoms with van der Waals surface area (Å²) in [5, 5.41) is 0. The zero-order chi connectivity index (χ0) is 15.4. The Bertz CT molecular complexity index is 601. The molecule has 0 atom stereocenters. The monoisotopic (exact) mass is 302 g/mol. The van der Waals surface area contributed by atoms with E-state index in [1.54, 1.807) is 12.1 Å². The zero-order valence-corrected chi connectivity index (χ0v) is 12.5. The Balaban J connectivity index is 1.87. The minimum atomic E-state index is -2.78. The summed E-state index contributed by atoms with van der Waals surface area (Å²) >= 11 is 0. The fourth-order valence-corrected chi connectivity index (χ4v) is 3.35. The van der Waals surface area contributed by atoms with Crippen LogP contribution < -0.4 is 4.74 Å². The van der Waals surface area contributed by atoms with Crippen LogP contribution in [0.3, 0.4) is 0 Å². The molecular weight excluding hydrogens is 282 g/mol. The topological polar surface area (TPSA) is 9.23 Å². The zero-order valence-electron chi connectivity index (χ0n) is 12.5. The number of alkyl halides is 2. The van der Waals surface area contributed by atoms with Gasteiger partial charge in [-0.2, -0.15) is 8.78 Å². The largest absolute Gasteiger partial charge is 0.435 e. The smallest absolute Gasteiger partial charge is 0.387 e. The van der Waals surface area contributed by atoms with Crippen molar-refractivity contribution < 1.29 is 13.5 Å². The van der Waals surface area contributed by atoms with Crippen molar-refractivity contribution >= 4 is 0 Å².